The molecule has 146 valence electrons. The summed E-state index contributed by atoms with van der Waals surface area (Å²) >= 11 is 0. The van der Waals surface area contributed by atoms with Crippen LogP contribution in [0.15, 0.2) is 30.3 Å². The van der Waals surface area contributed by atoms with Crippen molar-refractivity contribution in [1.82, 2.24) is 14.7 Å². The normalized spacial score (nSPS) is 20.1. The highest BCUT2D eigenvalue weighted by Gasteiger charge is 2.40. The van der Waals surface area contributed by atoms with Gasteiger partial charge in [0.25, 0.3) is 0 Å². The highest BCUT2D eigenvalue weighted by atomic mass is 16.5. The molecule has 1 aliphatic rings. The molecule has 1 amide bonds. The predicted molar refractivity (Wildman–Crippen MR) is 104 cm³/mol. The Kier molecular flexibility index (Phi) is 5.40. The van der Waals surface area contributed by atoms with Crippen LogP contribution in [0.5, 0.6) is 0 Å². The largest absolute Gasteiger partial charge is 0.389 e. The van der Waals surface area contributed by atoms with Crippen molar-refractivity contribution in [2.24, 2.45) is 5.92 Å². The maximum Gasteiger partial charge on any atom is 0.228 e. The smallest absolute Gasteiger partial charge is 0.228 e. The maximum atomic E-state index is 13.0. The van der Waals surface area contributed by atoms with Crippen molar-refractivity contribution in [3.63, 3.8) is 0 Å². The van der Waals surface area contributed by atoms with E-state index in [0.29, 0.717) is 13.0 Å². The van der Waals surface area contributed by atoms with Crippen molar-refractivity contribution in [3.05, 3.63) is 47.3 Å². The quantitative estimate of drug-likeness (QED) is 0.878. The molecule has 2 atom stereocenters. The third kappa shape index (κ3) is 4.06. The summed E-state index contributed by atoms with van der Waals surface area (Å²) in [6.07, 6.45) is 0.369. The van der Waals surface area contributed by atoms with Gasteiger partial charge in [-0.25, -0.2) is 4.68 Å². The molecule has 6 heteroatoms. The molecule has 6 nitrogen and oxygen atoms in total. The lowest BCUT2D eigenvalue weighted by molar-refractivity contribution is -0.138. The van der Waals surface area contributed by atoms with Crippen LogP contribution >= 0.6 is 0 Å². The van der Waals surface area contributed by atoms with E-state index in [1.807, 2.05) is 48.9 Å². The molecule has 1 N–H and O–H groups in total. The lowest BCUT2D eigenvalue weighted by Crippen LogP contribution is -2.43. The average molecular weight is 371 g/mol. The Morgan fingerprint density at radius 2 is 2.00 bits per heavy atom. The molecule has 1 aliphatic heterocycles. The summed E-state index contributed by atoms with van der Waals surface area (Å²) in [4.78, 5) is 14.6. The van der Waals surface area contributed by atoms with Gasteiger partial charge >= 0.3 is 0 Å². The molecule has 0 spiro atoms. The highest BCUT2D eigenvalue weighted by molar-refractivity contribution is 5.80. The second-order valence-corrected chi connectivity index (χ2v) is 8.03. The molecule has 2 heterocycles. The Labute approximate surface area is 160 Å². The standard InChI is InChI=1S/C21H29N3O3/c1-14-18(15(2)24(22-14)16-9-7-6-8-10-16)19-17(11-12-27-19)20(25)23(5)13-21(3,4)26/h6-10,17,19,26H,11-13H2,1-5H3/t17-,19-/m0/s1. The Balaban J connectivity index is 1.90. The number of ether oxygens (including phenoxy) is 1. The Bertz CT molecular complexity index is 808. The van der Waals surface area contributed by atoms with E-state index in [1.165, 1.54) is 0 Å². The fourth-order valence-electron chi connectivity index (χ4n) is 3.96. The molecule has 1 saturated heterocycles. The zero-order chi connectivity index (χ0) is 19.8. The number of aryl methyl sites for hydroxylation is 1. The number of likely N-dealkylation sites (N-methyl/N-ethyl adjacent to an activating group) is 1. The van der Waals surface area contributed by atoms with E-state index < -0.39 is 5.60 Å². The van der Waals surface area contributed by atoms with Crippen LogP contribution in [0.25, 0.3) is 5.69 Å². The fourth-order valence-corrected chi connectivity index (χ4v) is 3.96. The first kappa shape index (κ1) is 19.6. The van der Waals surface area contributed by atoms with Crippen molar-refractivity contribution in [2.75, 3.05) is 20.2 Å². The Morgan fingerprint density at radius 1 is 1.33 bits per heavy atom. The van der Waals surface area contributed by atoms with Gasteiger partial charge in [-0.2, -0.15) is 5.10 Å². The molecule has 1 fully saturated rings. The van der Waals surface area contributed by atoms with E-state index in [-0.39, 0.29) is 24.5 Å². The number of aliphatic hydroxyl groups is 1. The van der Waals surface area contributed by atoms with Crippen molar-refractivity contribution in [1.29, 1.82) is 0 Å². The number of hydrogen-bond donors (Lipinski definition) is 1. The minimum Gasteiger partial charge on any atom is -0.389 e. The third-order valence-electron chi connectivity index (χ3n) is 5.04. The van der Waals surface area contributed by atoms with E-state index in [2.05, 4.69) is 0 Å². The second-order valence-electron chi connectivity index (χ2n) is 8.03. The molecule has 2 aromatic rings. The molecule has 0 saturated carbocycles. The zero-order valence-corrected chi connectivity index (χ0v) is 16.8. The van der Waals surface area contributed by atoms with Crippen LogP contribution < -0.4 is 0 Å². The summed E-state index contributed by atoms with van der Waals surface area (Å²) in [7, 11) is 1.74. The molecule has 0 aliphatic carbocycles. The van der Waals surface area contributed by atoms with Crippen LogP contribution in [0.1, 0.15) is 43.3 Å². The number of nitrogens with zero attached hydrogens (tertiary/aromatic N) is 3. The van der Waals surface area contributed by atoms with Crippen LogP contribution in [0.3, 0.4) is 0 Å². The van der Waals surface area contributed by atoms with Gasteiger partial charge in [0.2, 0.25) is 5.91 Å². The molecule has 1 aromatic carbocycles. The van der Waals surface area contributed by atoms with Gasteiger partial charge in [-0.05, 0) is 46.2 Å². The monoisotopic (exact) mass is 371 g/mol. The number of carbonyl (C=O) groups is 1. The van der Waals surface area contributed by atoms with Crippen LogP contribution in [0.4, 0.5) is 0 Å². The molecule has 0 bridgehead atoms. The third-order valence-corrected chi connectivity index (χ3v) is 5.04. The van der Waals surface area contributed by atoms with Crippen LogP contribution in [-0.4, -0.2) is 51.5 Å². The van der Waals surface area contributed by atoms with Crippen LogP contribution in [0.2, 0.25) is 0 Å². The summed E-state index contributed by atoms with van der Waals surface area (Å²) < 4.78 is 7.91. The van der Waals surface area contributed by atoms with E-state index >= 15 is 0 Å². The summed E-state index contributed by atoms with van der Waals surface area (Å²) in [6, 6.07) is 9.96. The van der Waals surface area contributed by atoms with E-state index in [1.54, 1.807) is 25.8 Å². The second kappa shape index (κ2) is 7.44. The summed E-state index contributed by atoms with van der Waals surface area (Å²) in [5.74, 6) is -0.256. The highest BCUT2D eigenvalue weighted by Crippen LogP contribution is 2.39. The van der Waals surface area contributed by atoms with Crippen LogP contribution in [-0.2, 0) is 9.53 Å². The molecular formula is C21H29N3O3. The van der Waals surface area contributed by atoms with Gasteiger partial charge < -0.3 is 14.7 Å². The molecule has 27 heavy (non-hydrogen) atoms. The van der Waals surface area contributed by atoms with Gasteiger partial charge in [0.1, 0.15) is 0 Å². The molecule has 0 unspecified atom stereocenters. The number of aromatic nitrogens is 2. The lowest BCUT2D eigenvalue weighted by atomic mass is 9.92. The van der Waals surface area contributed by atoms with Crippen LogP contribution in [0, 0.1) is 19.8 Å². The number of amides is 1. The van der Waals surface area contributed by atoms with Gasteiger partial charge in [-0.15, -0.1) is 0 Å². The summed E-state index contributed by atoms with van der Waals surface area (Å²) in [5, 5.41) is 14.7. The first-order valence-corrected chi connectivity index (χ1v) is 9.39. The minimum absolute atomic E-state index is 0.00545. The van der Waals surface area contributed by atoms with E-state index in [9.17, 15) is 9.90 Å². The first-order chi connectivity index (χ1) is 12.7. The van der Waals surface area contributed by atoms with Crippen molar-refractivity contribution in [3.8, 4) is 5.69 Å². The molecular weight excluding hydrogens is 342 g/mol. The van der Waals surface area contributed by atoms with Gasteiger partial charge in [0.15, 0.2) is 0 Å². The SMILES string of the molecule is Cc1nn(-c2ccccc2)c(C)c1[C@H]1OCC[C@@H]1C(=O)N(C)CC(C)(C)O. The average Bonchev–Trinajstić information content (AvgIpc) is 3.17. The first-order valence-electron chi connectivity index (χ1n) is 9.39. The lowest BCUT2D eigenvalue weighted by Gasteiger charge is -2.29. The number of para-hydroxylation sites is 1. The predicted octanol–water partition coefficient (Wildman–Crippen LogP) is 2.80. The van der Waals surface area contributed by atoms with Gasteiger partial charge in [0, 0.05) is 31.5 Å². The zero-order valence-electron chi connectivity index (χ0n) is 16.8. The minimum atomic E-state index is -0.927. The maximum absolute atomic E-state index is 13.0. The molecule has 0 radical (unpaired) electrons. The Morgan fingerprint density at radius 3 is 2.63 bits per heavy atom. The number of rotatable bonds is 5. The van der Waals surface area contributed by atoms with Crippen molar-refractivity contribution < 1.29 is 14.6 Å². The number of hydrogen-bond acceptors (Lipinski definition) is 4. The molecule has 3 rings (SSSR count). The molecule has 1 aromatic heterocycles. The fraction of sp³-hybridized carbons (Fsp3) is 0.524. The van der Waals surface area contributed by atoms with Gasteiger partial charge in [-0.1, -0.05) is 18.2 Å². The van der Waals surface area contributed by atoms with Crippen molar-refractivity contribution in [2.45, 2.75) is 45.8 Å². The summed E-state index contributed by atoms with van der Waals surface area (Å²) in [6.45, 7) is 8.23. The Hall–Kier alpha value is -2.18. The number of benzene rings is 1. The van der Waals surface area contributed by atoms with E-state index in [0.717, 1.165) is 22.6 Å². The van der Waals surface area contributed by atoms with Gasteiger partial charge in [-0.3, -0.25) is 4.79 Å². The van der Waals surface area contributed by atoms with E-state index in [4.69, 9.17) is 9.84 Å². The van der Waals surface area contributed by atoms with Gasteiger partial charge in [0.05, 0.1) is 29.0 Å². The topological polar surface area (TPSA) is 67.6 Å². The number of carbonyl (C=O) groups excluding carboxylic acids is 1. The summed E-state index contributed by atoms with van der Waals surface area (Å²) in [5.41, 5.74) is 2.93. The van der Waals surface area contributed by atoms with Crippen molar-refractivity contribution >= 4 is 5.91 Å².